The summed E-state index contributed by atoms with van der Waals surface area (Å²) in [7, 11) is 0. The quantitative estimate of drug-likeness (QED) is 0.705. The molecule has 1 amide bonds. The molecule has 0 saturated carbocycles. The third-order valence-corrected chi connectivity index (χ3v) is 4.94. The number of aromatic nitrogens is 3. The van der Waals surface area contributed by atoms with Gasteiger partial charge in [0.25, 0.3) is 5.91 Å². The number of halogens is 1. The molecule has 2 N–H and O–H groups in total. The van der Waals surface area contributed by atoms with E-state index in [2.05, 4.69) is 15.4 Å². The summed E-state index contributed by atoms with van der Waals surface area (Å²) in [5.41, 5.74) is 2.54. The molecule has 4 rings (SSSR count). The smallest absolute Gasteiger partial charge is 0.259 e. The molecule has 0 radical (unpaired) electrons. The van der Waals surface area contributed by atoms with Gasteiger partial charge in [-0.05, 0) is 43.0 Å². The summed E-state index contributed by atoms with van der Waals surface area (Å²) in [6.07, 6.45) is 7.25. The molecule has 146 valence electrons. The Morgan fingerprint density at radius 3 is 3.07 bits per heavy atom. The van der Waals surface area contributed by atoms with E-state index >= 15 is 0 Å². The van der Waals surface area contributed by atoms with Gasteiger partial charge in [-0.3, -0.25) is 4.79 Å². The van der Waals surface area contributed by atoms with Gasteiger partial charge in [-0.25, -0.2) is 13.9 Å². The standard InChI is InChI=1S/C20H22FN5O2/c21-15-3-1-4-16(9-15)24-17-5-2-7-25(13-17)20(28)18-11-23-26-12-14(6-8-27)10-22-19(18)26/h1,3-4,9-12,17,24,27H,2,5-8,13H2/t17-/m1/s1. The van der Waals surface area contributed by atoms with Crippen molar-refractivity contribution in [3.63, 3.8) is 0 Å². The topological polar surface area (TPSA) is 82.8 Å². The number of likely N-dealkylation sites (tertiary alicyclic amines) is 1. The zero-order valence-corrected chi connectivity index (χ0v) is 15.4. The lowest BCUT2D eigenvalue weighted by atomic mass is 10.0. The molecular weight excluding hydrogens is 361 g/mol. The minimum atomic E-state index is -0.285. The maximum absolute atomic E-state index is 13.4. The van der Waals surface area contributed by atoms with E-state index in [1.54, 1.807) is 27.9 Å². The Labute approximate surface area is 161 Å². The number of fused-ring (bicyclic) bond motifs is 1. The highest BCUT2D eigenvalue weighted by Crippen LogP contribution is 2.20. The second-order valence-electron chi connectivity index (χ2n) is 7.01. The fourth-order valence-corrected chi connectivity index (χ4v) is 3.59. The van der Waals surface area contributed by atoms with Crippen molar-refractivity contribution in [2.75, 3.05) is 25.0 Å². The SMILES string of the molecule is O=C(c1cnn2cc(CCO)cnc12)N1CCC[C@@H](Nc2cccc(F)c2)C1. The highest BCUT2D eigenvalue weighted by molar-refractivity contribution is 5.99. The van der Waals surface area contributed by atoms with Crippen molar-refractivity contribution in [2.45, 2.75) is 25.3 Å². The zero-order valence-electron chi connectivity index (χ0n) is 15.4. The van der Waals surface area contributed by atoms with E-state index in [4.69, 9.17) is 5.11 Å². The largest absolute Gasteiger partial charge is 0.396 e. The molecule has 0 bridgehead atoms. The Morgan fingerprint density at radius 2 is 2.25 bits per heavy atom. The predicted molar refractivity (Wildman–Crippen MR) is 103 cm³/mol. The average molecular weight is 383 g/mol. The van der Waals surface area contributed by atoms with Crippen molar-refractivity contribution in [2.24, 2.45) is 0 Å². The lowest BCUT2D eigenvalue weighted by molar-refractivity contribution is 0.0716. The first-order chi connectivity index (χ1) is 13.6. The number of carbonyl (C=O) groups is 1. The van der Waals surface area contributed by atoms with Crippen molar-refractivity contribution >= 4 is 17.2 Å². The van der Waals surface area contributed by atoms with Gasteiger partial charge in [0.2, 0.25) is 0 Å². The van der Waals surface area contributed by atoms with E-state index in [1.807, 2.05) is 6.07 Å². The Hall–Kier alpha value is -3.00. The minimum Gasteiger partial charge on any atom is -0.396 e. The van der Waals surface area contributed by atoms with Gasteiger partial charge in [0, 0.05) is 43.8 Å². The van der Waals surface area contributed by atoms with Crippen LogP contribution in [0.4, 0.5) is 10.1 Å². The molecule has 1 saturated heterocycles. The monoisotopic (exact) mass is 383 g/mol. The van der Waals surface area contributed by atoms with Crippen molar-refractivity contribution in [3.05, 3.63) is 59.8 Å². The van der Waals surface area contributed by atoms with Crippen molar-refractivity contribution in [1.82, 2.24) is 19.5 Å². The molecule has 3 heterocycles. The third kappa shape index (κ3) is 3.82. The first-order valence-electron chi connectivity index (χ1n) is 9.38. The van der Waals surface area contributed by atoms with E-state index in [9.17, 15) is 9.18 Å². The lowest BCUT2D eigenvalue weighted by Gasteiger charge is -2.33. The second kappa shape index (κ2) is 7.93. The summed E-state index contributed by atoms with van der Waals surface area (Å²) < 4.78 is 15.0. The molecule has 1 aliphatic heterocycles. The molecule has 1 fully saturated rings. The maximum Gasteiger partial charge on any atom is 0.259 e. The number of anilines is 1. The summed E-state index contributed by atoms with van der Waals surface area (Å²) >= 11 is 0. The number of rotatable bonds is 5. The van der Waals surface area contributed by atoms with E-state index in [-0.39, 0.29) is 24.4 Å². The number of hydrogen-bond acceptors (Lipinski definition) is 5. The molecule has 0 unspecified atom stereocenters. The number of hydrogen-bond donors (Lipinski definition) is 2. The minimum absolute atomic E-state index is 0.0354. The number of nitrogens with one attached hydrogen (secondary N) is 1. The van der Waals surface area contributed by atoms with Crippen molar-refractivity contribution in [1.29, 1.82) is 0 Å². The summed E-state index contributed by atoms with van der Waals surface area (Å²) in [5.74, 6) is -0.394. The van der Waals surface area contributed by atoms with Gasteiger partial charge in [-0.2, -0.15) is 5.10 Å². The summed E-state index contributed by atoms with van der Waals surface area (Å²) in [5, 5.41) is 16.6. The van der Waals surface area contributed by atoms with Gasteiger partial charge in [0.15, 0.2) is 5.65 Å². The van der Waals surface area contributed by atoms with Crippen LogP contribution in [0.15, 0.2) is 42.9 Å². The average Bonchev–Trinajstić information content (AvgIpc) is 3.11. The molecule has 1 aromatic carbocycles. The highest BCUT2D eigenvalue weighted by Gasteiger charge is 2.27. The highest BCUT2D eigenvalue weighted by atomic mass is 19.1. The van der Waals surface area contributed by atoms with Crippen LogP contribution < -0.4 is 5.32 Å². The van der Waals surface area contributed by atoms with Gasteiger partial charge in [0.1, 0.15) is 11.4 Å². The number of nitrogens with zero attached hydrogens (tertiary/aromatic N) is 4. The molecule has 0 aliphatic carbocycles. The molecular formula is C20H22FN5O2. The van der Waals surface area contributed by atoms with Crippen molar-refractivity contribution < 1.29 is 14.3 Å². The Balaban J connectivity index is 1.49. The fraction of sp³-hybridized carbons (Fsp3) is 0.350. The predicted octanol–water partition coefficient (Wildman–Crippen LogP) is 2.12. The first-order valence-corrected chi connectivity index (χ1v) is 9.38. The number of aliphatic hydroxyl groups is 1. The van der Waals surface area contributed by atoms with Crippen LogP contribution in [0.3, 0.4) is 0 Å². The van der Waals surface area contributed by atoms with Crippen LogP contribution in [0.25, 0.3) is 5.65 Å². The fourth-order valence-electron chi connectivity index (χ4n) is 3.59. The molecule has 1 atom stereocenters. The zero-order chi connectivity index (χ0) is 19.5. The number of aliphatic hydroxyl groups excluding tert-OH is 1. The molecule has 1 aliphatic rings. The first kappa shape index (κ1) is 18.4. The lowest BCUT2D eigenvalue weighted by Crippen LogP contribution is -2.45. The maximum atomic E-state index is 13.4. The Bertz CT molecular complexity index is 990. The molecule has 0 spiro atoms. The number of amides is 1. The van der Waals surface area contributed by atoms with Gasteiger partial charge in [-0.1, -0.05) is 6.07 Å². The van der Waals surface area contributed by atoms with Gasteiger partial charge < -0.3 is 15.3 Å². The van der Waals surface area contributed by atoms with E-state index in [0.717, 1.165) is 18.4 Å². The van der Waals surface area contributed by atoms with Crippen LogP contribution in [0.1, 0.15) is 28.8 Å². The van der Waals surface area contributed by atoms with E-state index < -0.39 is 0 Å². The van der Waals surface area contributed by atoms with Crippen molar-refractivity contribution in [3.8, 4) is 0 Å². The summed E-state index contributed by atoms with van der Waals surface area (Å²) in [6, 6.07) is 6.42. The van der Waals surface area contributed by atoms with Crippen LogP contribution in [-0.4, -0.2) is 56.2 Å². The number of benzene rings is 1. The van der Waals surface area contributed by atoms with Crippen LogP contribution in [-0.2, 0) is 6.42 Å². The molecule has 2 aromatic heterocycles. The van der Waals surface area contributed by atoms with Crippen LogP contribution in [0.5, 0.6) is 0 Å². The molecule has 28 heavy (non-hydrogen) atoms. The Morgan fingerprint density at radius 1 is 1.36 bits per heavy atom. The Kier molecular flexibility index (Phi) is 5.21. The van der Waals surface area contributed by atoms with Crippen LogP contribution in [0, 0.1) is 5.82 Å². The molecule has 7 nitrogen and oxygen atoms in total. The summed E-state index contributed by atoms with van der Waals surface area (Å²) in [4.78, 5) is 19.2. The summed E-state index contributed by atoms with van der Waals surface area (Å²) in [6.45, 7) is 1.24. The second-order valence-corrected chi connectivity index (χ2v) is 7.01. The van der Waals surface area contributed by atoms with Gasteiger partial charge >= 0.3 is 0 Å². The third-order valence-electron chi connectivity index (χ3n) is 4.94. The number of piperidine rings is 1. The van der Waals surface area contributed by atoms with Gasteiger partial charge in [0.05, 0.1) is 6.20 Å². The van der Waals surface area contributed by atoms with E-state index in [1.165, 1.54) is 18.3 Å². The van der Waals surface area contributed by atoms with Crippen LogP contribution >= 0.6 is 0 Å². The van der Waals surface area contributed by atoms with E-state index in [0.29, 0.717) is 36.4 Å². The van der Waals surface area contributed by atoms with Crippen LogP contribution in [0.2, 0.25) is 0 Å². The number of carbonyl (C=O) groups excluding carboxylic acids is 1. The molecule has 8 heteroatoms. The normalized spacial score (nSPS) is 17.1. The molecule has 3 aromatic rings. The van der Waals surface area contributed by atoms with Gasteiger partial charge in [-0.15, -0.1) is 0 Å².